The van der Waals surface area contributed by atoms with Gasteiger partial charge in [-0.1, -0.05) is 22.0 Å². The second-order valence-electron chi connectivity index (χ2n) is 6.30. The molecule has 3 aromatic rings. The number of halogens is 1. The van der Waals surface area contributed by atoms with Crippen LogP contribution in [0, 0.1) is 0 Å². The van der Waals surface area contributed by atoms with Crippen molar-refractivity contribution in [3.05, 3.63) is 46.7 Å². The van der Waals surface area contributed by atoms with E-state index in [9.17, 15) is 0 Å². The molecule has 0 N–H and O–H groups in total. The molecule has 2 aromatic carbocycles. The summed E-state index contributed by atoms with van der Waals surface area (Å²) in [5.41, 5.74) is 3.39. The fourth-order valence-electron chi connectivity index (χ4n) is 3.51. The number of fused-ring (bicyclic) bond motifs is 2. The van der Waals surface area contributed by atoms with Gasteiger partial charge in [0.15, 0.2) is 11.5 Å². The van der Waals surface area contributed by atoms with E-state index in [1.54, 1.807) is 20.5 Å². The van der Waals surface area contributed by atoms with Crippen LogP contribution in [0.4, 0.5) is 11.5 Å². The number of nitrogens with zero attached hydrogens (tertiary/aromatic N) is 3. The zero-order chi connectivity index (χ0) is 18.1. The van der Waals surface area contributed by atoms with Gasteiger partial charge in [0.1, 0.15) is 12.1 Å². The van der Waals surface area contributed by atoms with E-state index >= 15 is 0 Å². The summed E-state index contributed by atoms with van der Waals surface area (Å²) in [6.07, 6.45) is 4.99. The molecule has 6 heteroatoms. The van der Waals surface area contributed by atoms with Gasteiger partial charge in [0.05, 0.1) is 19.7 Å². The number of hydrogen-bond donors (Lipinski definition) is 0. The highest BCUT2D eigenvalue weighted by atomic mass is 79.9. The Balaban J connectivity index is 1.93. The first kappa shape index (κ1) is 17.1. The molecule has 0 saturated carbocycles. The van der Waals surface area contributed by atoms with Gasteiger partial charge in [0, 0.05) is 28.2 Å². The second kappa shape index (κ2) is 7.11. The number of methoxy groups -OCH3 is 2. The molecule has 0 fully saturated rings. The van der Waals surface area contributed by atoms with Crippen LogP contribution in [-0.4, -0.2) is 30.7 Å². The van der Waals surface area contributed by atoms with E-state index in [-0.39, 0.29) is 0 Å². The first-order valence-electron chi connectivity index (χ1n) is 8.64. The lowest BCUT2D eigenvalue weighted by Gasteiger charge is -2.25. The summed E-state index contributed by atoms with van der Waals surface area (Å²) in [4.78, 5) is 11.4. The highest BCUT2D eigenvalue weighted by Gasteiger charge is 2.21. The van der Waals surface area contributed by atoms with E-state index in [1.165, 1.54) is 17.7 Å². The highest BCUT2D eigenvalue weighted by Crippen LogP contribution is 2.39. The van der Waals surface area contributed by atoms with Crippen LogP contribution in [0.2, 0.25) is 0 Å². The summed E-state index contributed by atoms with van der Waals surface area (Å²) in [5, 5.41) is 0.956. The number of aryl methyl sites for hydroxylation is 1. The standard InChI is InChI=1S/C20H20BrN3O2/c1-25-18-10-15-16(11-19(18)26-2)22-12-23-20(15)24-8-4-3-5-13-6-7-14(21)9-17(13)24/h6-7,9-12H,3-5,8H2,1-2H3. The maximum Gasteiger partial charge on any atom is 0.162 e. The van der Waals surface area contributed by atoms with Crippen molar-refractivity contribution in [1.82, 2.24) is 9.97 Å². The molecule has 0 unspecified atom stereocenters. The number of ether oxygens (including phenoxy) is 2. The van der Waals surface area contributed by atoms with E-state index in [0.717, 1.165) is 40.6 Å². The molecule has 5 nitrogen and oxygen atoms in total. The quantitative estimate of drug-likeness (QED) is 0.611. The van der Waals surface area contributed by atoms with Crippen molar-refractivity contribution in [2.45, 2.75) is 19.3 Å². The smallest absolute Gasteiger partial charge is 0.162 e. The van der Waals surface area contributed by atoms with Crippen LogP contribution in [0.1, 0.15) is 18.4 Å². The fourth-order valence-corrected chi connectivity index (χ4v) is 3.86. The summed E-state index contributed by atoms with van der Waals surface area (Å²) >= 11 is 3.61. The molecule has 1 aromatic heterocycles. The average molecular weight is 414 g/mol. The number of rotatable bonds is 3. The average Bonchev–Trinajstić information content (AvgIpc) is 2.88. The summed E-state index contributed by atoms with van der Waals surface area (Å²) in [7, 11) is 3.28. The SMILES string of the molecule is COc1cc2ncnc(N3CCCCc4ccc(Br)cc43)c2cc1OC. The molecule has 1 aliphatic heterocycles. The lowest BCUT2D eigenvalue weighted by Crippen LogP contribution is -2.19. The van der Waals surface area contributed by atoms with Crippen molar-refractivity contribution < 1.29 is 9.47 Å². The van der Waals surface area contributed by atoms with Crippen molar-refractivity contribution in [3.8, 4) is 11.5 Å². The minimum Gasteiger partial charge on any atom is -0.493 e. The minimum atomic E-state index is 0.670. The van der Waals surface area contributed by atoms with Crippen LogP contribution in [0.15, 0.2) is 41.1 Å². The maximum atomic E-state index is 5.49. The molecule has 0 bridgehead atoms. The molecule has 0 radical (unpaired) electrons. The van der Waals surface area contributed by atoms with Gasteiger partial charge < -0.3 is 14.4 Å². The minimum absolute atomic E-state index is 0.670. The van der Waals surface area contributed by atoms with Gasteiger partial charge in [0.25, 0.3) is 0 Å². The van der Waals surface area contributed by atoms with E-state index in [2.05, 4.69) is 49.0 Å². The van der Waals surface area contributed by atoms with E-state index < -0.39 is 0 Å². The molecule has 26 heavy (non-hydrogen) atoms. The summed E-state index contributed by atoms with van der Waals surface area (Å²) in [6.45, 7) is 0.921. The molecular weight excluding hydrogens is 394 g/mol. The van der Waals surface area contributed by atoms with Crippen LogP contribution < -0.4 is 14.4 Å². The van der Waals surface area contributed by atoms with Gasteiger partial charge in [-0.3, -0.25) is 0 Å². The number of anilines is 2. The Morgan fingerprint density at radius 1 is 1.00 bits per heavy atom. The van der Waals surface area contributed by atoms with Crippen molar-refractivity contribution in [3.63, 3.8) is 0 Å². The molecule has 0 atom stereocenters. The van der Waals surface area contributed by atoms with Crippen molar-refractivity contribution in [2.24, 2.45) is 0 Å². The number of benzene rings is 2. The van der Waals surface area contributed by atoms with Crippen LogP contribution in [0.5, 0.6) is 11.5 Å². The Morgan fingerprint density at radius 2 is 1.81 bits per heavy atom. The Bertz CT molecular complexity index is 961. The predicted octanol–water partition coefficient (Wildman–Crippen LogP) is 4.88. The number of hydrogen-bond acceptors (Lipinski definition) is 5. The number of aromatic nitrogens is 2. The van der Waals surface area contributed by atoms with Crippen LogP contribution in [0.25, 0.3) is 10.9 Å². The van der Waals surface area contributed by atoms with Crippen LogP contribution in [-0.2, 0) is 6.42 Å². The van der Waals surface area contributed by atoms with Crippen LogP contribution in [0.3, 0.4) is 0 Å². The lowest BCUT2D eigenvalue weighted by atomic mass is 10.1. The van der Waals surface area contributed by atoms with Gasteiger partial charge in [-0.25, -0.2) is 9.97 Å². The Kier molecular flexibility index (Phi) is 4.68. The molecule has 134 valence electrons. The molecule has 0 spiro atoms. The first-order valence-corrected chi connectivity index (χ1v) is 9.43. The van der Waals surface area contributed by atoms with Crippen LogP contribution >= 0.6 is 15.9 Å². The fraction of sp³-hybridized carbons (Fsp3) is 0.300. The zero-order valence-electron chi connectivity index (χ0n) is 14.8. The largest absolute Gasteiger partial charge is 0.493 e. The van der Waals surface area contributed by atoms with E-state index in [4.69, 9.17) is 9.47 Å². The molecule has 4 rings (SSSR count). The van der Waals surface area contributed by atoms with Crippen molar-refractivity contribution in [1.29, 1.82) is 0 Å². The lowest BCUT2D eigenvalue weighted by molar-refractivity contribution is 0.356. The van der Waals surface area contributed by atoms with Gasteiger partial charge in [-0.2, -0.15) is 0 Å². The van der Waals surface area contributed by atoms with Gasteiger partial charge in [-0.15, -0.1) is 0 Å². The molecule has 2 heterocycles. The molecule has 1 aliphatic rings. The Hall–Kier alpha value is -2.34. The maximum absolute atomic E-state index is 5.49. The first-order chi connectivity index (χ1) is 12.7. The molecule has 0 saturated heterocycles. The summed E-state index contributed by atoms with van der Waals surface area (Å²) in [5.74, 6) is 2.25. The van der Waals surface area contributed by atoms with Crippen molar-refractivity contribution in [2.75, 3.05) is 25.7 Å². The van der Waals surface area contributed by atoms with Gasteiger partial charge >= 0.3 is 0 Å². The van der Waals surface area contributed by atoms with E-state index in [0.29, 0.717) is 11.5 Å². The second-order valence-corrected chi connectivity index (χ2v) is 7.22. The Morgan fingerprint density at radius 3 is 2.62 bits per heavy atom. The third-order valence-corrected chi connectivity index (χ3v) is 5.28. The zero-order valence-corrected chi connectivity index (χ0v) is 16.4. The third kappa shape index (κ3) is 2.98. The van der Waals surface area contributed by atoms with Crippen molar-refractivity contribution >= 4 is 38.3 Å². The molecular formula is C20H20BrN3O2. The van der Waals surface area contributed by atoms with Gasteiger partial charge in [0.2, 0.25) is 0 Å². The van der Waals surface area contributed by atoms with E-state index in [1.807, 2.05) is 12.1 Å². The summed E-state index contributed by atoms with van der Waals surface area (Å²) in [6, 6.07) is 10.3. The van der Waals surface area contributed by atoms with Gasteiger partial charge in [-0.05, 0) is 43.0 Å². The monoisotopic (exact) mass is 413 g/mol. The Labute approximate surface area is 161 Å². The topological polar surface area (TPSA) is 47.5 Å². The predicted molar refractivity (Wildman–Crippen MR) is 107 cm³/mol. The normalized spacial score (nSPS) is 14.0. The summed E-state index contributed by atoms with van der Waals surface area (Å²) < 4.78 is 12.0. The molecule has 0 aliphatic carbocycles. The highest BCUT2D eigenvalue weighted by molar-refractivity contribution is 9.10. The molecule has 0 amide bonds. The third-order valence-electron chi connectivity index (χ3n) is 4.79.